The molecular formula is C16H18O3S. The van der Waals surface area contributed by atoms with Gasteiger partial charge in [-0.25, -0.2) is 0 Å². The molecule has 1 aromatic heterocycles. The van der Waals surface area contributed by atoms with Gasteiger partial charge in [0.15, 0.2) is 0 Å². The summed E-state index contributed by atoms with van der Waals surface area (Å²) in [6.45, 7) is 4.53. The number of aliphatic hydroxyl groups is 1. The third kappa shape index (κ3) is 2.81. The standard InChI is InChI=1S/C16H18O3S/c1-16(2)9-14(17)13-6-5-11(8-15(13)19-16)18-10-12-4-3-7-20-12/h3-8,14,17H,9-10H2,1-2H3. The summed E-state index contributed by atoms with van der Waals surface area (Å²) in [5, 5.41) is 12.2. The van der Waals surface area contributed by atoms with Crippen molar-refractivity contribution in [3.8, 4) is 11.5 Å². The summed E-state index contributed by atoms with van der Waals surface area (Å²) in [5.41, 5.74) is 0.492. The van der Waals surface area contributed by atoms with Gasteiger partial charge < -0.3 is 14.6 Å². The molecule has 0 saturated heterocycles. The van der Waals surface area contributed by atoms with Crippen molar-refractivity contribution in [2.24, 2.45) is 0 Å². The molecule has 1 unspecified atom stereocenters. The molecule has 0 fully saturated rings. The molecule has 4 heteroatoms. The van der Waals surface area contributed by atoms with Crippen LogP contribution < -0.4 is 9.47 Å². The summed E-state index contributed by atoms with van der Waals surface area (Å²) in [6, 6.07) is 9.70. The molecule has 20 heavy (non-hydrogen) atoms. The molecule has 3 nitrogen and oxygen atoms in total. The molecule has 0 bridgehead atoms. The van der Waals surface area contributed by atoms with Crippen LogP contribution in [0.2, 0.25) is 0 Å². The number of benzene rings is 1. The van der Waals surface area contributed by atoms with Gasteiger partial charge in [-0.1, -0.05) is 6.07 Å². The van der Waals surface area contributed by atoms with E-state index in [1.54, 1.807) is 11.3 Å². The first-order valence-electron chi connectivity index (χ1n) is 6.70. The average molecular weight is 290 g/mol. The first-order valence-corrected chi connectivity index (χ1v) is 7.58. The highest BCUT2D eigenvalue weighted by molar-refractivity contribution is 7.09. The maximum absolute atomic E-state index is 10.1. The molecule has 0 spiro atoms. The van der Waals surface area contributed by atoms with Gasteiger partial charge in [-0.15, -0.1) is 11.3 Å². The molecule has 1 atom stereocenters. The Bertz CT molecular complexity index is 590. The monoisotopic (exact) mass is 290 g/mol. The molecule has 1 aliphatic heterocycles. The Balaban J connectivity index is 1.78. The van der Waals surface area contributed by atoms with Gasteiger partial charge in [0.1, 0.15) is 23.7 Å². The second-order valence-electron chi connectivity index (χ2n) is 5.65. The zero-order valence-corrected chi connectivity index (χ0v) is 12.4. The lowest BCUT2D eigenvalue weighted by Crippen LogP contribution is -2.34. The van der Waals surface area contributed by atoms with Crippen LogP contribution in [0.15, 0.2) is 35.7 Å². The Morgan fingerprint density at radius 3 is 3.00 bits per heavy atom. The summed E-state index contributed by atoms with van der Waals surface area (Å²) in [4.78, 5) is 1.18. The van der Waals surface area contributed by atoms with Crippen molar-refractivity contribution < 1.29 is 14.6 Å². The van der Waals surface area contributed by atoms with E-state index >= 15 is 0 Å². The molecular weight excluding hydrogens is 272 g/mol. The van der Waals surface area contributed by atoms with E-state index in [-0.39, 0.29) is 5.60 Å². The van der Waals surface area contributed by atoms with E-state index < -0.39 is 6.10 Å². The maximum atomic E-state index is 10.1. The number of hydrogen-bond donors (Lipinski definition) is 1. The normalized spacial score (nSPS) is 20.1. The van der Waals surface area contributed by atoms with Crippen molar-refractivity contribution in [3.05, 3.63) is 46.2 Å². The number of fused-ring (bicyclic) bond motifs is 1. The number of rotatable bonds is 3. The summed E-state index contributed by atoms with van der Waals surface area (Å²) in [7, 11) is 0. The van der Waals surface area contributed by atoms with Crippen LogP contribution in [0.4, 0.5) is 0 Å². The molecule has 2 heterocycles. The molecule has 0 amide bonds. The molecule has 1 aromatic carbocycles. The summed E-state index contributed by atoms with van der Waals surface area (Å²) in [5.74, 6) is 1.49. The first kappa shape index (κ1) is 13.5. The Kier molecular flexibility index (Phi) is 3.44. The Morgan fingerprint density at radius 1 is 1.40 bits per heavy atom. The Morgan fingerprint density at radius 2 is 2.25 bits per heavy atom. The molecule has 3 rings (SSSR count). The quantitative estimate of drug-likeness (QED) is 0.931. The van der Waals surface area contributed by atoms with Crippen LogP contribution in [0.5, 0.6) is 11.5 Å². The van der Waals surface area contributed by atoms with E-state index in [2.05, 4.69) is 0 Å². The van der Waals surface area contributed by atoms with Gasteiger partial charge in [0, 0.05) is 22.9 Å². The lowest BCUT2D eigenvalue weighted by Gasteiger charge is -2.35. The third-order valence-corrected chi connectivity index (χ3v) is 4.23. The zero-order chi connectivity index (χ0) is 14.2. The predicted molar refractivity (Wildman–Crippen MR) is 79.4 cm³/mol. The summed E-state index contributed by atoms with van der Waals surface area (Å²) in [6.07, 6.45) is 0.134. The van der Waals surface area contributed by atoms with E-state index in [0.29, 0.717) is 13.0 Å². The van der Waals surface area contributed by atoms with Crippen molar-refractivity contribution in [2.45, 2.75) is 38.6 Å². The maximum Gasteiger partial charge on any atom is 0.129 e. The Labute approximate surface area is 122 Å². The molecule has 0 aliphatic carbocycles. The second kappa shape index (κ2) is 5.11. The Hall–Kier alpha value is -1.52. The topological polar surface area (TPSA) is 38.7 Å². The summed E-state index contributed by atoms with van der Waals surface area (Å²) >= 11 is 1.67. The van der Waals surface area contributed by atoms with Gasteiger partial charge in [-0.3, -0.25) is 0 Å². The fourth-order valence-electron chi connectivity index (χ4n) is 2.43. The number of hydrogen-bond acceptors (Lipinski definition) is 4. The van der Waals surface area contributed by atoms with Crippen molar-refractivity contribution in [2.75, 3.05) is 0 Å². The zero-order valence-electron chi connectivity index (χ0n) is 11.6. The molecule has 0 saturated carbocycles. The molecule has 1 N–H and O–H groups in total. The first-order chi connectivity index (χ1) is 9.53. The molecule has 0 radical (unpaired) electrons. The minimum atomic E-state index is -0.472. The predicted octanol–water partition coefficient (Wildman–Crippen LogP) is 3.92. The van der Waals surface area contributed by atoms with Gasteiger partial charge in [0.25, 0.3) is 0 Å². The van der Waals surface area contributed by atoms with Gasteiger partial charge in [0.2, 0.25) is 0 Å². The largest absolute Gasteiger partial charge is 0.488 e. The van der Waals surface area contributed by atoms with Crippen LogP contribution in [0.25, 0.3) is 0 Å². The van der Waals surface area contributed by atoms with E-state index in [1.165, 1.54) is 4.88 Å². The van der Waals surface area contributed by atoms with Crippen LogP contribution in [0, 0.1) is 0 Å². The number of thiophene rings is 1. The van der Waals surface area contributed by atoms with Crippen molar-refractivity contribution in [1.82, 2.24) is 0 Å². The minimum absolute atomic E-state index is 0.348. The minimum Gasteiger partial charge on any atom is -0.488 e. The molecule has 2 aromatic rings. The van der Waals surface area contributed by atoms with Crippen molar-refractivity contribution >= 4 is 11.3 Å². The van der Waals surface area contributed by atoms with Gasteiger partial charge >= 0.3 is 0 Å². The molecule has 106 valence electrons. The third-order valence-electron chi connectivity index (χ3n) is 3.38. The van der Waals surface area contributed by atoms with Crippen LogP contribution in [-0.4, -0.2) is 10.7 Å². The van der Waals surface area contributed by atoms with Crippen LogP contribution in [0.1, 0.15) is 36.8 Å². The lowest BCUT2D eigenvalue weighted by molar-refractivity contribution is 0.0113. The highest BCUT2D eigenvalue weighted by Gasteiger charge is 2.32. The van der Waals surface area contributed by atoms with Crippen LogP contribution in [0.3, 0.4) is 0 Å². The highest BCUT2D eigenvalue weighted by Crippen LogP contribution is 2.41. The fraction of sp³-hybridized carbons (Fsp3) is 0.375. The fourth-order valence-corrected chi connectivity index (χ4v) is 3.05. The van der Waals surface area contributed by atoms with E-state index in [1.807, 2.05) is 49.6 Å². The van der Waals surface area contributed by atoms with Gasteiger partial charge in [-0.2, -0.15) is 0 Å². The van der Waals surface area contributed by atoms with Crippen molar-refractivity contribution in [3.63, 3.8) is 0 Å². The second-order valence-corrected chi connectivity index (χ2v) is 6.68. The van der Waals surface area contributed by atoms with Crippen LogP contribution >= 0.6 is 11.3 Å². The number of ether oxygens (including phenoxy) is 2. The molecule has 1 aliphatic rings. The summed E-state index contributed by atoms with van der Waals surface area (Å²) < 4.78 is 11.7. The van der Waals surface area contributed by atoms with E-state index in [4.69, 9.17) is 9.47 Å². The highest BCUT2D eigenvalue weighted by atomic mass is 32.1. The number of aliphatic hydroxyl groups excluding tert-OH is 1. The smallest absolute Gasteiger partial charge is 0.129 e. The SMILES string of the molecule is CC1(C)CC(O)c2ccc(OCc3cccs3)cc2O1. The van der Waals surface area contributed by atoms with E-state index in [9.17, 15) is 5.11 Å². The van der Waals surface area contributed by atoms with E-state index in [0.717, 1.165) is 17.1 Å². The van der Waals surface area contributed by atoms with Crippen LogP contribution in [-0.2, 0) is 6.61 Å². The van der Waals surface area contributed by atoms with Crippen molar-refractivity contribution in [1.29, 1.82) is 0 Å². The lowest BCUT2D eigenvalue weighted by atomic mass is 9.92. The van der Waals surface area contributed by atoms with Gasteiger partial charge in [-0.05, 0) is 37.4 Å². The van der Waals surface area contributed by atoms with Gasteiger partial charge in [0.05, 0.1) is 6.10 Å². The average Bonchev–Trinajstić information content (AvgIpc) is 2.87.